The molecule has 0 saturated carbocycles. The van der Waals surface area contributed by atoms with Crippen molar-refractivity contribution in [3.05, 3.63) is 70.2 Å². The van der Waals surface area contributed by atoms with Gasteiger partial charge < -0.3 is 19.9 Å². The second kappa shape index (κ2) is 10.8. The Bertz CT molecular complexity index is 934. The molecular formula is C25H32ClN3O3. The number of ether oxygens (including phenoxy) is 1. The van der Waals surface area contributed by atoms with E-state index in [9.17, 15) is 9.59 Å². The van der Waals surface area contributed by atoms with Crippen LogP contribution in [-0.2, 0) is 29.1 Å². The van der Waals surface area contributed by atoms with Crippen molar-refractivity contribution in [2.45, 2.75) is 45.9 Å². The molecule has 0 unspecified atom stereocenters. The highest BCUT2D eigenvalue weighted by Crippen LogP contribution is 2.17. The molecule has 2 aromatic rings. The summed E-state index contributed by atoms with van der Waals surface area (Å²) in [4.78, 5) is 28.7. The monoisotopic (exact) mass is 457 g/mol. The van der Waals surface area contributed by atoms with Gasteiger partial charge in [0.2, 0.25) is 5.91 Å². The van der Waals surface area contributed by atoms with Crippen LogP contribution in [0.1, 0.15) is 37.5 Å². The third-order valence-corrected chi connectivity index (χ3v) is 5.69. The second-order valence-electron chi connectivity index (χ2n) is 9.02. The van der Waals surface area contributed by atoms with Crippen LogP contribution in [0.4, 0.5) is 4.79 Å². The van der Waals surface area contributed by atoms with Gasteiger partial charge in [-0.15, -0.1) is 0 Å². The molecule has 172 valence electrons. The number of carbonyl (C=O) groups excluding carboxylic acids is 2. The molecule has 1 aliphatic rings. The van der Waals surface area contributed by atoms with Gasteiger partial charge in [0.25, 0.3) is 0 Å². The van der Waals surface area contributed by atoms with Crippen molar-refractivity contribution >= 4 is 23.5 Å². The number of benzene rings is 2. The van der Waals surface area contributed by atoms with E-state index in [1.54, 1.807) is 15.9 Å². The number of halogens is 1. The number of amides is 3. The van der Waals surface area contributed by atoms with Crippen LogP contribution in [0.5, 0.6) is 0 Å². The van der Waals surface area contributed by atoms with E-state index >= 15 is 0 Å². The van der Waals surface area contributed by atoms with Crippen LogP contribution in [0.2, 0.25) is 5.02 Å². The number of carbonyl (C=O) groups is 2. The topological polar surface area (TPSA) is 61.9 Å². The van der Waals surface area contributed by atoms with E-state index in [1.165, 1.54) is 0 Å². The maximum atomic E-state index is 12.6. The summed E-state index contributed by atoms with van der Waals surface area (Å²) in [7, 11) is 0. The van der Waals surface area contributed by atoms with Crippen LogP contribution in [0.25, 0.3) is 0 Å². The lowest BCUT2D eigenvalue weighted by Gasteiger charge is -2.34. The molecule has 32 heavy (non-hydrogen) atoms. The first-order chi connectivity index (χ1) is 15.2. The third-order valence-electron chi connectivity index (χ3n) is 5.33. The molecule has 0 aliphatic carbocycles. The van der Waals surface area contributed by atoms with Crippen molar-refractivity contribution < 1.29 is 14.3 Å². The van der Waals surface area contributed by atoms with Gasteiger partial charge in [-0.25, -0.2) is 4.79 Å². The quantitative estimate of drug-likeness (QED) is 0.705. The molecule has 1 saturated heterocycles. The molecule has 1 aliphatic heterocycles. The SMILES string of the molecule is CC(C)(C)OCc1cccc(CNC(=O)N2CCN(C(=O)Cc3ccccc3Cl)CC2)c1. The van der Waals surface area contributed by atoms with Crippen molar-refractivity contribution in [2.24, 2.45) is 0 Å². The molecule has 1 fully saturated rings. The molecule has 3 amide bonds. The minimum atomic E-state index is -0.193. The summed E-state index contributed by atoms with van der Waals surface area (Å²) < 4.78 is 5.83. The Labute approximate surface area is 195 Å². The number of nitrogens with zero attached hydrogens (tertiary/aromatic N) is 2. The van der Waals surface area contributed by atoms with Gasteiger partial charge in [0, 0.05) is 37.7 Å². The van der Waals surface area contributed by atoms with Gasteiger partial charge in [-0.3, -0.25) is 4.79 Å². The van der Waals surface area contributed by atoms with Gasteiger partial charge in [-0.1, -0.05) is 54.1 Å². The summed E-state index contributed by atoms with van der Waals surface area (Å²) >= 11 is 6.17. The van der Waals surface area contributed by atoms with Crippen molar-refractivity contribution in [3.63, 3.8) is 0 Å². The Balaban J connectivity index is 1.44. The van der Waals surface area contributed by atoms with E-state index in [1.807, 2.05) is 57.2 Å². The van der Waals surface area contributed by atoms with Crippen molar-refractivity contribution in [3.8, 4) is 0 Å². The summed E-state index contributed by atoms with van der Waals surface area (Å²) in [6.45, 7) is 9.15. The summed E-state index contributed by atoms with van der Waals surface area (Å²) in [5.74, 6) is 0.0347. The molecule has 3 rings (SSSR count). The van der Waals surface area contributed by atoms with Gasteiger partial charge in [0.1, 0.15) is 0 Å². The molecule has 0 spiro atoms. The van der Waals surface area contributed by atoms with Gasteiger partial charge in [0.15, 0.2) is 0 Å². The van der Waals surface area contributed by atoms with Crippen LogP contribution >= 0.6 is 11.6 Å². The molecule has 1 N–H and O–H groups in total. The molecule has 0 radical (unpaired) electrons. The lowest BCUT2D eigenvalue weighted by atomic mass is 10.1. The Hall–Kier alpha value is -2.57. The zero-order valence-corrected chi connectivity index (χ0v) is 19.8. The standard InChI is InChI=1S/C25H32ClN3O3/c1-25(2,3)32-18-20-8-6-7-19(15-20)17-27-24(31)29-13-11-28(12-14-29)23(30)16-21-9-4-5-10-22(21)26/h4-10,15H,11-14,16-18H2,1-3H3,(H,27,31). The van der Waals surface area contributed by atoms with Crippen LogP contribution in [0, 0.1) is 0 Å². The molecule has 7 heteroatoms. The predicted octanol–water partition coefficient (Wildman–Crippen LogP) is 4.25. The molecule has 1 heterocycles. The van der Waals surface area contributed by atoms with Gasteiger partial charge in [-0.05, 0) is 43.5 Å². The van der Waals surface area contributed by atoms with E-state index in [-0.39, 0.29) is 24.0 Å². The van der Waals surface area contributed by atoms with Gasteiger partial charge >= 0.3 is 6.03 Å². The first-order valence-electron chi connectivity index (χ1n) is 11.0. The number of urea groups is 1. The fourth-order valence-corrected chi connectivity index (χ4v) is 3.70. The zero-order chi connectivity index (χ0) is 23.1. The lowest BCUT2D eigenvalue weighted by Crippen LogP contribution is -2.53. The predicted molar refractivity (Wildman–Crippen MR) is 127 cm³/mol. The summed E-state index contributed by atoms with van der Waals surface area (Å²) in [5, 5.41) is 3.59. The Morgan fingerprint density at radius 1 is 0.969 bits per heavy atom. The molecule has 2 aromatic carbocycles. The summed E-state index contributed by atoms with van der Waals surface area (Å²) in [6.07, 6.45) is 0.279. The fraction of sp³-hybridized carbons (Fsp3) is 0.440. The maximum Gasteiger partial charge on any atom is 0.317 e. The second-order valence-corrected chi connectivity index (χ2v) is 9.42. The molecule has 0 atom stereocenters. The zero-order valence-electron chi connectivity index (χ0n) is 19.1. The highest BCUT2D eigenvalue weighted by atomic mass is 35.5. The highest BCUT2D eigenvalue weighted by molar-refractivity contribution is 6.31. The average molecular weight is 458 g/mol. The Morgan fingerprint density at radius 2 is 1.62 bits per heavy atom. The molecule has 0 aromatic heterocycles. The number of rotatable bonds is 6. The van der Waals surface area contributed by atoms with E-state index in [4.69, 9.17) is 16.3 Å². The normalized spacial score (nSPS) is 14.4. The average Bonchev–Trinajstić information content (AvgIpc) is 2.77. The first kappa shape index (κ1) is 24.1. The van der Waals surface area contributed by atoms with Crippen molar-refractivity contribution in [1.82, 2.24) is 15.1 Å². The van der Waals surface area contributed by atoms with Crippen LogP contribution < -0.4 is 5.32 Å². The van der Waals surface area contributed by atoms with E-state index < -0.39 is 0 Å². The number of nitrogens with one attached hydrogen (secondary N) is 1. The first-order valence-corrected chi connectivity index (χ1v) is 11.3. The largest absolute Gasteiger partial charge is 0.371 e. The van der Waals surface area contributed by atoms with Crippen LogP contribution in [-0.4, -0.2) is 53.5 Å². The van der Waals surface area contributed by atoms with E-state index in [0.29, 0.717) is 44.4 Å². The molecule has 6 nitrogen and oxygen atoms in total. The van der Waals surface area contributed by atoms with Crippen molar-refractivity contribution in [2.75, 3.05) is 26.2 Å². The minimum Gasteiger partial charge on any atom is -0.371 e. The fourth-order valence-electron chi connectivity index (χ4n) is 3.49. The Morgan fingerprint density at radius 3 is 2.31 bits per heavy atom. The highest BCUT2D eigenvalue weighted by Gasteiger charge is 2.24. The van der Waals surface area contributed by atoms with Crippen LogP contribution in [0.15, 0.2) is 48.5 Å². The number of hydrogen-bond donors (Lipinski definition) is 1. The Kier molecular flexibility index (Phi) is 8.15. The van der Waals surface area contributed by atoms with Gasteiger partial charge in [-0.2, -0.15) is 0 Å². The summed E-state index contributed by atoms with van der Waals surface area (Å²) in [6, 6.07) is 15.3. The smallest absolute Gasteiger partial charge is 0.317 e. The lowest BCUT2D eigenvalue weighted by molar-refractivity contribution is -0.131. The van der Waals surface area contributed by atoms with Crippen molar-refractivity contribution in [1.29, 1.82) is 0 Å². The van der Waals surface area contributed by atoms with E-state index in [0.717, 1.165) is 16.7 Å². The summed E-state index contributed by atoms with van der Waals surface area (Å²) in [5.41, 5.74) is 2.75. The van der Waals surface area contributed by atoms with Gasteiger partial charge in [0.05, 0.1) is 18.6 Å². The number of piperazine rings is 1. The number of hydrogen-bond acceptors (Lipinski definition) is 3. The molecular weight excluding hydrogens is 426 g/mol. The maximum absolute atomic E-state index is 12.6. The van der Waals surface area contributed by atoms with Crippen LogP contribution in [0.3, 0.4) is 0 Å². The van der Waals surface area contributed by atoms with E-state index in [2.05, 4.69) is 11.4 Å². The minimum absolute atomic E-state index is 0.0347. The third kappa shape index (κ3) is 7.24. The molecule has 0 bridgehead atoms.